The van der Waals surface area contributed by atoms with Gasteiger partial charge in [-0.3, -0.25) is 9.10 Å². The van der Waals surface area contributed by atoms with Crippen LogP contribution in [0.25, 0.3) is 0 Å². The summed E-state index contributed by atoms with van der Waals surface area (Å²) in [6.07, 6.45) is 1.26. The van der Waals surface area contributed by atoms with Gasteiger partial charge in [0.2, 0.25) is 0 Å². The van der Waals surface area contributed by atoms with Crippen LogP contribution in [0.15, 0.2) is 40.4 Å². The lowest BCUT2D eigenvalue weighted by molar-refractivity contribution is -0.117. The lowest BCUT2D eigenvalue weighted by Crippen LogP contribution is -2.33. The van der Waals surface area contributed by atoms with Crippen LogP contribution in [0.4, 0.5) is 0 Å². The van der Waals surface area contributed by atoms with Gasteiger partial charge in [-0.1, -0.05) is 23.7 Å². The molecular formula is C13H14ClN3O3S. The quantitative estimate of drug-likeness (QED) is 0.913. The second kappa shape index (κ2) is 5.87. The number of halogens is 1. The molecule has 0 spiro atoms. The molecule has 8 heteroatoms. The van der Waals surface area contributed by atoms with Gasteiger partial charge in [-0.2, -0.15) is 8.42 Å². The Morgan fingerprint density at radius 2 is 1.95 bits per heavy atom. The first-order chi connectivity index (χ1) is 9.79. The van der Waals surface area contributed by atoms with Gasteiger partial charge in [0, 0.05) is 24.8 Å². The third-order valence-corrected chi connectivity index (χ3v) is 4.52. The molecule has 0 saturated carbocycles. The van der Waals surface area contributed by atoms with E-state index in [1.54, 1.807) is 24.3 Å². The van der Waals surface area contributed by atoms with Gasteiger partial charge in [0.1, 0.15) is 0 Å². The zero-order valence-corrected chi connectivity index (χ0v) is 13.1. The molecule has 21 heavy (non-hydrogen) atoms. The number of benzene rings is 1. The van der Waals surface area contributed by atoms with Crippen LogP contribution in [-0.4, -0.2) is 31.4 Å². The number of carbonyl (C=O) groups excluding carboxylic acids is 1. The van der Waals surface area contributed by atoms with E-state index >= 15 is 0 Å². The van der Waals surface area contributed by atoms with Crippen LogP contribution in [0.3, 0.4) is 0 Å². The van der Waals surface area contributed by atoms with Gasteiger partial charge in [0.15, 0.2) is 0 Å². The summed E-state index contributed by atoms with van der Waals surface area (Å²) in [5.74, 6) is -0.382. The number of nitrogens with one attached hydrogen (secondary N) is 1. The molecule has 0 aromatic heterocycles. The maximum Gasteiger partial charge on any atom is 0.344 e. The molecule has 0 aliphatic carbocycles. The molecule has 0 radical (unpaired) electrons. The van der Waals surface area contributed by atoms with E-state index in [1.165, 1.54) is 20.2 Å². The highest BCUT2D eigenvalue weighted by Crippen LogP contribution is 2.15. The van der Waals surface area contributed by atoms with Gasteiger partial charge in [-0.05, 0) is 24.6 Å². The molecule has 1 aliphatic rings. The SMILES string of the molecule is CC1=NS(=O)(=O)N(C)C=C1C(=O)NCc1ccc(Cl)cc1. The van der Waals surface area contributed by atoms with E-state index in [0.29, 0.717) is 11.6 Å². The van der Waals surface area contributed by atoms with E-state index in [9.17, 15) is 13.2 Å². The molecule has 1 aromatic carbocycles. The van der Waals surface area contributed by atoms with Crippen LogP contribution in [-0.2, 0) is 21.5 Å². The lowest BCUT2D eigenvalue weighted by atomic mass is 10.1. The number of hydrogen-bond acceptors (Lipinski definition) is 3. The zero-order valence-electron chi connectivity index (χ0n) is 11.5. The van der Waals surface area contributed by atoms with E-state index in [2.05, 4.69) is 9.71 Å². The number of carbonyl (C=O) groups is 1. The van der Waals surface area contributed by atoms with Crippen molar-refractivity contribution < 1.29 is 13.2 Å². The van der Waals surface area contributed by atoms with E-state index in [0.717, 1.165) is 9.87 Å². The van der Waals surface area contributed by atoms with Crippen LogP contribution in [0.5, 0.6) is 0 Å². The maximum absolute atomic E-state index is 12.1. The highest BCUT2D eigenvalue weighted by Gasteiger charge is 2.25. The van der Waals surface area contributed by atoms with Crippen molar-refractivity contribution >= 4 is 33.4 Å². The molecule has 2 rings (SSSR count). The Morgan fingerprint density at radius 3 is 2.57 bits per heavy atom. The highest BCUT2D eigenvalue weighted by molar-refractivity contribution is 7.88. The summed E-state index contributed by atoms with van der Waals surface area (Å²) in [6.45, 7) is 1.80. The first kappa shape index (κ1) is 15.5. The molecule has 0 atom stereocenters. The summed E-state index contributed by atoms with van der Waals surface area (Å²) < 4.78 is 27.5. The molecule has 0 saturated heterocycles. The van der Waals surface area contributed by atoms with Crippen molar-refractivity contribution in [2.45, 2.75) is 13.5 Å². The minimum Gasteiger partial charge on any atom is -0.348 e. The van der Waals surface area contributed by atoms with Gasteiger partial charge in [0.05, 0.1) is 11.3 Å². The van der Waals surface area contributed by atoms with Gasteiger partial charge in [-0.25, -0.2) is 0 Å². The van der Waals surface area contributed by atoms with Crippen LogP contribution in [0.2, 0.25) is 5.02 Å². The van der Waals surface area contributed by atoms with Crippen LogP contribution in [0, 0.1) is 0 Å². The smallest absolute Gasteiger partial charge is 0.344 e. The van der Waals surface area contributed by atoms with E-state index in [-0.39, 0.29) is 17.2 Å². The molecular weight excluding hydrogens is 314 g/mol. The van der Waals surface area contributed by atoms with Crippen molar-refractivity contribution in [3.63, 3.8) is 0 Å². The molecule has 1 aliphatic heterocycles. The molecule has 0 bridgehead atoms. The third kappa shape index (κ3) is 3.62. The van der Waals surface area contributed by atoms with Gasteiger partial charge < -0.3 is 5.32 Å². The predicted octanol–water partition coefficient (Wildman–Crippen LogP) is 1.49. The summed E-state index contributed by atoms with van der Waals surface area (Å²) in [4.78, 5) is 12.1. The Bertz CT molecular complexity index is 724. The maximum atomic E-state index is 12.1. The minimum absolute atomic E-state index is 0.168. The molecule has 1 heterocycles. The Labute approximate surface area is 128 Å². The highest BCUT2D eigenvalue weighted by atomic mass is 35.5. The Morgan fingerprint density at radius 1 is 1.33 bits per heavy atom. The fourth-order valence-corrected chi connectivity index (χ4v) is 2.67. The first-order valence-corrected chi connectivity index (χ1v) is 7.86. The Balaban J connectivity index is 2.07. The van der Waals surface area contributed by atoms with Crippen molar-refractivity contribution in [2.24, 2.45) is 4.40 Å². The molecule has 1 amide bonds. The molecule has 0 fully saturated rings. The monoisotopic (exact) mass is 327 g/mol. The molecule has 1 N–H and O–H groups in total. The summed E-state index contributed by atoms with van der Waals surface area (Å²) in [6, 6.07) is 7.07. The summed E-state index contributed by atoms with van der Waals surface area (Å²) in [7, 11) is -2.37. The summed E-state index contributed by atoms with van der Waals surface area (Å²) in [5.41, 5.74) is 1.28. The Kier molecular flexibility index (Phi) is 4.34. The second-order valence-corrected chi connectivity index (χ2v) is 6.61. The fraction of sp³-hybridized carbons (Fsp3) is 0.231. The largest absolute Gasteiger partial charge is 0.348 e. The summed E-state index contributed by atoms with van der Waals surface area (Å²) >= 11 is 5.78. The number of nitrogens with zero attached hydrogens (tertiary/aromatic N) is 2. The van der Waals surface area contributed by atoms with Gasteiger partial charge in [0.25, 0.3) is 5.91 Å². The van der Waals surface area contributed by atoms with E-state index in [4.69, 9.17) is 11.6 Å². The van der Waals surface area contributed by atoms with Gasteiger partial charge >= 0.3 is 10.2 Å². The van der Waals surface area contributed by atoms with Crippen molar-refractivity contribution in [3.05, 3.63) is 46.6 Å². The number of rotatable bonds is 3. The lowest BCUT2D eigenvalue weighted by Gasteiger charge is -2.19. The van der Waals surface area contributed by atoms with Crippen LogP contribution >= 0.6 is 11.6 Å². The average Bonchev–Trinajstić information content (AvgIpc) is 2.41. The molecule has 6 nitrogen and oxygen atoms in total. The standard InChI is InChI=1S/C13H14ClN3O3S/c1-9-12(8-17(2)21(19,20)16-9)13(18)15-7-10-3-5-11(14)6-4-10/h3-6,8H,7H2,1-2H3,(H,15,18). The zero-order chi connectivity index (χ0) is 15.6. The normalized spacial score (nSPS) is 17.0. The first-order valence-electron chi connectivity index (χ1n) is 6.09. The third-order valence-electron chi connectivity index (χ3n) is 2.93. The summed E-state index contributed by atoms with van der Waals surface area (Å²) in [5, 5.41) is 3.33. The molecule has 0 unspecified atom stereocenters. The van der Waals surface area contributed by atoms with E-state index in [1.807, 2.05) is 0 Å². The average molecular weight is 328 g/mol. The van der Waals surface area contributed by atoms with Crippen molar-refractivity contribution in [1.29, 1.82) is 0 Å². The molecule has 112 valence electrons. The fourth-order valence-electron chi connectivity index (χ4n) is 1.73. The predicted molar refractivity (Wildman–Crippen MR) is 81.2 cm³/mol. The van der Waals surface area contributed by atoms with E-state index < -0.39 is 10.2 Å². The minimum atomic E-state index is -3.70. The van der Waals surface area contributed by atoms with Gasteiger partial charge in [-0.15, -0.1) is 4.40 Å². The Hall–Kier alpha value is -1.86. The van der Waals surface area contributed by atoms with Crippen LogP contribution < -0.4 is 5.32 Å². The molecule has 1 aromatic rings. The van der Waals surface area contributed by atoms with Crippen molar-refractivity contribution in [3.8, 4) is 0 Å². The number of amides is 1. The van der Waals surface area contributed by atoms with Crippen molar-refractivity contribution in [2.75, 3.05) is 7.05 Å². The topological polar surface area (TPSA) is 78.8 Å². The van der Waals surface area contributed by atoms with Crippen molar-refractivity contribution in [1.82, 2.24) is 9.62 Å². The van der Waals surface area contributed by atoms with Crippen LogP contribution in [0.1, 0.15) is 12.5 Å². The number of hydrogen-bond donors (Lipinski definition) is 1. The second-order valence-electron chi connectivity index (χ2n) is 4.52.